The van der Waals surface area contributed by atoms with Gasteiger partial charge in [-0.2, -0.15) is 5.26 Å². The molecule has 0 aliphatic carbocycles. The molecule has 0 spiro atoms. The van der Waals surface area contributed by atoms with Crippen molar-refractivity contribution in [3.8, 4) is 6.07 Å². The van der Waals surface area contributed by atoms with Crippen LogP contribution in [-0.2, 0) is 6.54 Å². The number of nitriles is 1. The highest BCUT2D eigenvalue weighted by Gasteiger charge is 2.29. The first-order valence-electron chi connectivity index (χ1n) is 8.67. The van der Waals surface area contributed by atoms with Crippen LogP contribution in [0.5, 0.6) is 0 Å². The first kappa shape index (κ1) is 17.4. The maximum atomic E-state index is 11.5. The molecule has 7 nitrogen and oxygen atoms in total. The summed E-state index contributed by atoms with van der Waals surface area (Å²) in [6.07, 6.45) is 1.46. The minimum absolute atomic E-state index is 0.0969. The second kappa shape index (κ2) is 7.29. The number of para-hydroxylation sites is 2. The van der Waals surface area contributed by atoms with Crippen LogP contribution in [0.15, 0.2) is 72.9 Å². The Labute approximate surface area is 160 Å². The molecule has 4 aromatic rings. The summed E-state index contributed by atoms with van der Waals surface area (Å²) in [4.78, 5) is 19.7. The van der Waals surface area contributed by atoms with Gasteiger partial charge in [-0.1, -0.05) is 42.5 Å². The van der Waals surface area contributed by atoms with E-state index in [-0.39, 0.29) is 11.4 Å². The van der Waals surface area contributed by atoms with E-state index in [1.807, 2.05) is 59.2 Å². The molecule has 0 bridgehead atoms. The van der Waals surface area contributed by atoms with Gasteiger partial charge in [0.1, 0.15) is 11.5 Å². The van der Waals surface area contributed by atoms with Crippen LogP contribution in [0.3, 0.4) is 0 Å². The first-order chi connectivity index (χ1) is 13.7. The Hall–Kier alpha value is -4.05. The van der Waals surface area contributed by atoms with E-state index >= 15 is 0 Å². The van der Waals surface area contributed by atoms with Gasteiger partial charge >= 0.3 is 0 Å². The van der Waals surface area contributed by atoms with Gasteiger partial charge in [-0.25, -0.2) is 4.98 Å². The summed E-state index contributed by atoms with van der Waals surface area (Å²) in [5.41, 5.74) is 2.54. The molecule has 28 heavy (non-hydrogen) atoms. The van der Waals surface area contributed by atoms with E-state index in [2.05, 4.69) is 16.0 Å². The Balaban J connectivity index is 1.91. The van der Waals surface area contributed by atoms with Crippen LogP contribution in [-0.4, -0.2) is 19.5 Å². The number of aromatic nitrogens is 3. The lowest BCUT2D eigenvalue weighted by Crippen LogP contribution is -2.13. The van der Waals surface area contributed by atoms with Gasteiger partial charge in [-0.3, -0.25) is 15.1 Å². The Morgan fingerprint density at radius 1 is 1.07 bits per heavy atom. The highest BCUT2D eigenvalue weighted by Crippen LogP contribution is 2.31. The van der Waals surface area contributed by atoms with E-state index in [9.17, 15) is 15.4 Å². The van der Waals surface area contributed by atoms with Gasteiger partial charge in [0.25, 0.3) is 5.69 Å². The van der Waals surface area contributed by atoms with E-state index in [4.69, 9.17) is 0 Å². The molecule has 0 saturated carbocycles. The summed E-state index contributed by atoms with van der Waals surface area (Å²) in [6, 6.07) is 22.4. The quantitative estimate of drug-likeness (QED) is 0.390. The predicted octanol–water partition coefficient (Wildman–Crippen LogP) is 4.04. The number of imidazole rings is 1. The highest BCUT2D eigenvalue weighted by molar-refractivity contribution is 5.76. The molecule has 1 atom stereocenters. The molecule has 2 aromatic heterocycles. The number of nitrogens with zero attached hydrogens (tertiary/aromatic N) is 5. The van der Waals surface area contributed by atoms with Crippen LogP contribution in [0.1, 0.15) is 23.0 Å². The fourth-order valence-corrected chi connectivity index (χ4v) is 3.27. The summed E-state index contributed by atoms with van der Waals surface area (Å²) in [5.74, 6) is -0.521. The fraction of sp³-hybridized carbons (Fsp3) is 0.0952. The maximum Gasteiger partial charge on any atom is 0.292 e. The van der Waals surface area contributed by atoms with Crippen LogP contribution in [0.4, 0.5) is 5.69 Å². The Morgan fingerprint density at radius 2 is 1.82 bits per heavy atom. The summed E-state index contributed by atoms with van der Waals surface area (Å²) in [7, 11) is 0. The van der Waals surface area contributed by atoms with E-state index in [1.165, 1.54) is 18.3 Å². The molecule has 1 unspecified atom stereocenters. The smallest absolute Gasteiger partial charge is 0.292 e. The molecule has 7 heteroatoms. The average molecular weight is 369 g/mol. The first-order valence-corrected chi connectivity index (χ1v) is 8.67. The minimum Gasteiger partial charge on any atom is -0.322 e. The third-order valence-corrected chi connectivity index (χ3v) is 4.54. The van der Waals surface area contributed by atoms with Crippen LogP contribution in [0, 0.1) is 21.4 Å². The molecule has 0 saturated heterocycles. The zero-order chi connectivity index (χ0) is 19.5. The molecular weight excluding hydrogens is 354 g/mol. The number of hydrogen-bond donors (Lipinski definition) is 0. The van der Waals surface area contributed by atoms with Gasteiger partial charge < -0.3 is 4.57 Å². The zero-order valence-corrected chi connectivity index (χ0v) is 14.8. The average Bonchev–Trinajstić information content (AvgIpc) is 3.08. The largest absolute Gasteiger partial charge is 0.322 e. The molecular formula is C21H15N5O2. The number of benzene rings is 2. The highest BCUT2D eigenvalue weighted by atomic mass is 16.6. The lowest BCUT2D eigenvalue weighted by molar-refractivity contribution is -0.386. The Morgan fingerprint density at radius 3 is 2.57 bits per heavy atom. The molecule has 0 amide bonds. The van der Waals surface area contributed by atoms with Crippen molar-refractivity contribution in [2.45, 2.75) is 12.5 Å². The summed E-state index contributed by atoms with van der Waals surface area (Å²) in [6.45, 7) is 0.496. The van der Waals surface area contributed by atoms with Crippen LogP contribution in [0.2, 0.25) is 0 Å². The molecule has 0 N–H and O–H groups in total. The second-order valence-corrected chi connectivity index (χ2v) is 6.26. The predicted molar refractivity (Wildman–Crippen MR) is 104 cm³/mol. The molecule has 0 aliphatic heterocycles. The van der Waals surface area contributed by atoms with Crippen molar-refractivity contribution in [2.75, 3.05) is 0 Å². The summed E-state index contributed by atoms with van der Waals surface area (Å²) < 4.78 is 1.93. The van der Waals surface area contributed by atoms with E-state index in [0.29, 0.717) is 12.4 Å². The lowest BCUT2D eigenvalue weighted by Gasteiger charge is -2.13. The lowest BCUT2D eigenvalue weighted by atomic mass is 10.0. The van der Waals surface area contributed by atoms with Crippen molar-refractivity contribution in [1.82, 2.24) is 14.5 Å². The maximum absolute atomic E-state index is 11.5. The molecule has 4 rings (SSSR count). The number of pyridine rings is 1. The van der Waals surface area contributed by atoms with Gasteiger partial charge in [-0.05, 0) is 23.8 Å². The second-order valence-electron chi connectivity index (χ2n) is 6.26. The molecule has 2 aromatic carbocycles. The van der Waals surface area contributed by atoms with Gasteiger partial charge in [0.15, 0.2) is 5.92 Å². The topological polar surface area (TPSA) is 97.6 Å². The van der Waals surface area contributed by atoms with E-state index in [0.717, 1.165) is 16.6 Å². The summed E-state index contributed by atoms with van der Waals surface area (Å²) >= 11 is 0. The SMILES string of the molecule is N#CC(c1ncccc1[N+](=O)[O-])c1nc2ccccc2n1Cc1ccccc1. The normalized spacial score (nSPS) is 11.8. The Kier molecular flexibility index (Phi) is 4.52. The van der Waals surface area contributed by atoms with Crippen molar-refractivity contribution in [3.05, 3.63) is 100 Å². The van der Waals surface area contributed by atoms with Crippen molar-refractivity contribution in [2.24, 2.45) is 0 Å². The third kappa shape index (κ3) is 3.08. The number of fused-ring (bicyclic) bond motifs is 1. The van der Waals surface area contributed by atoms with Gasteiger partial charge in [-0.15, -0.1) is 0 Å². The van der Waals surface area contributed by atoms with E-state index in [1.54, 1.807) is 0 Å². The van der Waals surface area contributed by atoms with Crippen molar-refractivity contribution >= 4 is 16.7 Å². The van der Waals surface area contributed by atoms with Gasteiger partial charge in [0, 0.05) is 18.8 Å². The Bertz CT molecular complexity index is 1190. The summed E-state index contributed by atoms with van der Waals surface area (Å²) in [5, 5.41) is 21.3. The molecule has 0 fully saturated rings. The minimum atomic E-state index is -0.960. The van der Waals surface area contributed by atoms with Crippen LogP contribution < -0.4 is 0 Å². The third-order valence-electron chi connectivity index (χ3n) is 4.54. The van der Waals surface area contributed by atoms with Crippen molar-refractivity contribution < 1.29 is 4.92 Å². The monoisotopic (exact) mass is 369 g/mol. The van der Waals surface area contributed by atoms with Crippen LogP contribution in [0.25, 0.3) is 11.0 Å². The standard InChI is InChI=1S/C21H15N5O2/c22-13-16(20-19(26(27)28)11-6-12-23-20)21-24-17-9-4-5-10-18(17)25(21)14-15-7-2-1-3-8-15/h1-12,16H,14H2. The number of nitro groups is 1. The molecule has 2 heterocycles. The number of hydrogen-bond acceptors (Lipinski definition) is 5. The van der Waals surface area contributed by atoms with Crippen molar-refractivity contribution in [1.29, 1.82) is 5.26 Å². The van der Waals surface area contributed by atoms with Gasteiger partial charge in [0.05, 0.1) is 22.0 Å². The molecule has 0 aliphatic rings. The van der Waals surface area contributed by atoms with E-state index < -0.39 is 10.8 Å². The van der Waals surface area contributed by atoms with Gasteiger partial charge in [0.2, 0.25) is 0 Å². The fourth-order valence-electron chi connectivity index (χ4n) is 3.27. The molecule has 136 valence electrons. The molecule has 0 radical (unpaired) electrons. The van der Waals surface area contributed by atoms with Crippen molar-refractivity contribution in [3.63, 3.8) is 0 Å². The van der Waals surface area contributed by atoms with Crippen LogP contribution >= 0.6 is 0 Å². The number of rotatable bonds is 5. The zero-order valence-electron chi connectivity index (χ0n) is 14.8.